The third kappa shape index (κ3) is 5.30. The van der Waals surface area contributed by atoms with Gasteiger partial charge in [-0.25, -0.2) is 0 Å². The van der Waals surface area contributed by atoms with Crippen molar-refractivity contribution in [3.05, 3.63) is 65.7 Å². The molecule has 1 N–H and O–H groups in total. The van der Waals surface area contributed by atoms with Gasteiger partial charge >= 0.3 is 0 Å². The molecule has 4 atom stereocenters. The van der Waals surface area contributed by atoms with Gasteiger partial charge in [0.25, 0.3) is 0 Å². The number of amides is 1. The van der Waals surface area contributed by atoms with Gasteiger partial charge in [0.15, 0.2) is 0 Å². The highest BCUT2D eigenvalue weighted by Crippen LogP contribution is 2.41. The number of carbonyl (C=O) groups is 1. The van der Waals surface area contributed by atoms with Crippen LogP contribution in [-0.4, -0.2) is 44.1 Å². The van der Waals surface area contributed by atoms with Crippen LogP contribution in [0.2, 0.25) is 0 Å². The fraction of sp³-hybridized carbons (Fsp3) is 0.519. The van der Waals surface area contributed by atoms with Crippen molar-refractivity contribution in [3.63, 3.8) is 0 Å². The first-order valence-electron chi connectivity index (χ1n) is 11.7. The molecule has 1 aliphatic rings. The molecule has 2 aromatic carbocycles. The van der Waals surface area contributed by atoms with E-state index < -0.39 is 0 Å². The smallest absolute Gasteiger partial charge is 0.222 e. The van der Waals surface area contributed by atoms with E-state index in [0.29, 0.717) is 24.9 Å². The van der Waals surface area contributed by atoms with Crippen molar-refractivity contribution in [3.8, 4) is 5.75 Å². The number of hydrogen-bond acceptors (Lipinski definition) is 2. The molecule has 1 unspecified atom stereocenters. The number of nitrogens with one attached hydrogen (secondary N) is 1. The Hall–Kier alpha value is -2.33. The molecule has 4 heteroatoms. The zero-order chi connectivity index (χ0) is 22.4. The number of nitrogens with zero attached hydrogens (tertiary/aromatic N) is 1. The minimum Gasteiger partial charge on any atom is -0.497 e. The van der Waals surface area contributed by atoms with Crippen molar-refractivity contribution < 1.29 is 14.4 Å². The molecule has 4 nitrogen and oxygen atoms in total. The second-order valence-corrected chi connectivity index (χ2v) is 9.35. The Balaban J connectivity index is 1.84. The number of benzene rings is 2. The average Bonchev–Trinajstić information content (AvgIpc) is 2.80. The van der Waals surface area contributed by atoms with Crippen LogP contribution in [0.5, 0.6) is 5.75 Å². The molecule has 2 aromatic rings. The first kappa shape index (κ1) is 23.3. The highest BCUT2D eigenvalue weighted by molar-refractivity contribution is 5.75. The lowest BCUT2D eigenvalue weighted by molar-refractivity contribution is -0.915. The number of methoxy groups -OCH3 is 1. The monoisotopic (exact) mass is 423 g/mol. The SMILES string of the molecule is CCC(=O)N(CC[C@@]1(c2ccccc2)C[C@H](C)[NH+](C)C[C@@H]1C)Cc1ccc(OC)cc1. The summed E-state index contributed by atoms with van der Waals surface area (Å²) in [4.78, 5) is 16.5. The average molecular weight is 424 g/mol. The number of ether oxygens (including phenoxy) is 1. The Kier molecular flexibility index (Phi) is 7.77. The zero-order valence-electron chi connectivity index (χ0n) is 19.9. The number of rotatable bonds is 8. The van der Waals surface area contributed by atoms with Gasteiger partial charge in [0.05, 0.1) is 26.7 Å². The maximum absolute atomic E-state index is 12.8. The lowest BCUT2D eigenvalue weighted by Gasteiger charge is -2.48. The van der Waals surface area contributed by atoms with Crippen LogP contribution in [0.15, 0.2) is 54.6 Å². The van der Waals surface area contributed by atoms with E-state index in [2.05, 4.69) is 68.3 Å². The Morgan fingerprint density at radius 3 is 2.42 bits per heavy atom. The minimum absolute atomic E-state index is 0.104. The summed E-state index contributed by atoms with van der Waals surface area (Å²) in [6, 6.07) is 19.7. The molecule has 1 amide bonds. The normalized spacial score (nSPS) is 25.8. The standard InChI is InChI=1S/C27H38N2O2/c1-6-26(30)29(20-23-12-14-25(31-5)15-13-23)17-16-27(24-10-8-7-9-11-24)18-22(3)28(4)19-21(27)2/h7-15,21-22H,6,16-20H2,1-5H3/p+1/t21-,22-,27+/m0/s1. The molecule has 0 spiro atoms. The van der Waals surface area contributed by atoms with Crippen LogP contribution < -0.4 is 9.64 Å². The summed E-state index contributed by atoms with van der Waals surface area (Å²) in [5.74, 6) is 1.63. The third-order valence-corrected chi connectivity index (χ3v) is 7.45. The molecule has 0 bridgehead atoms. The summed E-state index contributed by atoms with van der Waals surface area (Å²) >= 11 is 0. The van der Waals surface area contributed by atoms with Crippen molar-refractivity contribution in [2.45, 2.75) is 58.0 Å². The summed E-state index contributed by atoms with van der Waals surface area (Å²) in [5.41, 5.74) is 2.67. The summed E-state index contributed by atoms with van der Waals surface area (Å²) in [6.45, 7) is 9.32. The maximum atomic E-state index is 12.8. The Morgan fingerprint density at radius 2 is 1.81 bits per heavy atom. The van der Waals surface area contributed by atoms with Gasteiger partial charge in [-0.1, -0.05) is 56.3 Å². The van der Waals surface area contributed by atoms with E-state index in [9.17, 15) is 4.79 Å². The van der Waals surface area contributed by atoms with E-state index >= 15 is 0 Å². The van der Waals surface area contributed by atoms with Gasteiger partial charge in [-0.2, -0.15) is 0 Å². The van der Waals surface area contributed by atoms with Crippen molar-refractivity contribution in [1.82, 2.24) is 4.90 Å². The second kappa shape index (κ2) is 10.3. The molecule has 0 aliphatic carbocycles. The van der Waals surface area contributed by atoms with Crippen LogP contribution >= 0.6 is 0 Å². The molecular weight excluding hydrogens is 384 g/mol. The van der Waals surface area contributed by atoms with Gasteiger partial charge in [-0.05, 0) is 36.6 Å². The Bertz CT molecular complexity index is 836. The predicted octanol–water partition coefficient (Wildman–Crippen LogP) is 3.70. The molecule has 3 rings (SSSR count). The lowest BCUT2D eigenvalue weighted by Crippen LogP contribution is -3.15. The second-order valence-electron chi connectivity index (χ2n) is 9.35. The molecular formula is C27H39N2O2+. The fourth-order valence-electron chi connectivity index (χ4n) is 5.27. The number of carbonyl (C=O) groups excluding carboxylic acids is 1. The largest absolute Gasteiger partial charge is 0.497 e. The first-order chi connectivity index (χ1) is 14.9. The van der Waals surface area contributed by atoms with Gasteiger partial charge in [0.2, 0.25) is 5.91 Å². The maximum Gasteiger partial charge on any atom is 0.222 e. The van der Waals surface area contributed by atoms with Gasteiger partial charge in [0.1, 0.15) is 5.75 Å². The van der Waals surface area contributed by atoms with Crippen molar-refractivity contribution in [2.75, 3.05) is 27.2 Å². The first-order valence-corrected chi connectivity index (χ1v) is 11.7. The third-order valence-electron chi connectivity index (χ3n) is 7.45. The molecule has 31 heavy (non-hydrogen) atoms. The van der Waals surface area contributed by atoms with Crippen LogP contribution in [0.1, 0.15) is 51.2 Å². The van der Waals surface area contributed by atoms with E-state index in [1.165, 1.54) is 5.56 Å². The van der Waals surface area contributed by atoms with Crippen LogP contribution in [0.3, 0.4) is 0 Å². The highest BCUT2D eigenvalue weighted by Gasteiger charge is 2.46. The molecule has 0 radical (unpaired) electrons. The molecule has 1 heterocycles. The van der Waals surface area contributed by atoms with E-state index in [4.69, 9.17) is 4.74 Å². The topological polar surface area (TPSA) is 34.0 Å². The zero-order valence-corrected chi connectivity index (χ0v) is 19.9. The van der Waals surface area contributed by atoms with E-state index in [-0.39, 0.29) is 11.3 Å². The van der Waals surface area contributed by atoms with E-state index in [0.717, 1.165) is 37.2 Å². The number of likely N-dealkylation sites (tertiary alicyclic amines) is 1. The minimum atomic E-state index is 0.104. The van der Waals surface area contributed by atoms with Crippen molar-refractivity contribution in [1.29, 1.82) is 0 Å². The summed E-state index contributed by atoms with van der Waals surface area (Å²) in [7, 11) is 3.99. The fourth-order valence-corrected chi connectivity index (χ4v) is 5.27. The quantitative estimate of drug-likeness (QED) is 0.702. The van der Waals surface area contributed by atoms with Gasteiger partial charge in [-0.3, -0.25) is 4.79 Å². The molecule has 1 fully saturated rings. The van der Waals surface area contributed by atoms with Crippen molar-refractivity contribution in [2.24, 2.45) is 5.92 Å². The Labute approximate surface area is 188 Å². The summed E-state index contributed by atoms with van der Waals surface area (Å²) in [5, 5.41) is 0. The van der Waals surface area contributed by atoms with Crippen LogP contribution in [0.25, 0.3) is 0 Å². The van der Waals surface area contributed by atoms with Crippen molar-refractivity contribution >= 4 is 5.91 Å². The molecule has 0 saturated carbocycles. The van der Waals surface area contributed by atoms with Crippen LogP contribution in [0.4, 0.5) is 0 Å². The Morgan fingerprint density at radius 1 is 1.13 bits per heavy atom. The number of hydrogen-bond donors (Lipinski definition) is 1. The number of quaternary nitrogens is 1. The lowest BCUT2D eigenvalue weighted by atomic mass is 9.63. The van der Waals surface area contributed by atoms with Gasteiger partial charge < -0.3 is 14.5 Å². The van der Waals surface area contributed by atoms with Crippen LogP contribution in [0, 0.1) is 5.92 Å². The molecule has 1 aliphatic heterocycles. The van der Waals surface area contributed by atoms with E-state index in [1.54, 1.807) is 12.0 Å². The number of piperidine rings is 1. The molecule has 1 saturated heterocycles. The van der Waals surface area contributed by atoms with Crippen LogP contribution in [-0.2, 0) is 16.8 Å². The molecule has 0 aromatic heterocycles. The molecule has 168 valence electrons. The summed E-state index contributed by atoms with van der Waals surface area (Å²) in [6.07, 6.45) is 2.69. The predicted molar refractivity (Wildman–Crippen MR) is 126 cm³/mol. The summed E-state index contributed by atoms with van der Waals surface area (Å²) < 4.78 is 5.28. The van der Waals surface area contributed by atoms with E-state index in [1.807, 2.05) is 19.1 Å². The highest BCUT2D eigenvalue weighted by atomic mass is 16.5. The van der Waals surface area contributed by atoms with Gasteiger partial charge in [-0.15, -0.1) is 0 Å². The van der Waals surface area contributed by atoms with Gasteiger partial charge in [0, 0.05) is 37.3 Å².